The summed E-state index contributed by atoms with van der Waals surface area (Å²) in [6, 6.07) is 12.0. The van der Waals surface area contributed by atoms with Gasteiger partial charge in [0.1, 0.15) is 0 Å². The lowest BCUT2D eigenvalue weighted by atomic mass is 10.1. The van der Waals surface area contributed by atoms with Gasteiger partial charge in [0, 0.05) is 23.5 Å². The molecule has 3 nitrogen and oxygen atoms in total. The topological polar surface area (TPSA) is 39.1 Å². The summed E-state index contributed by atoms with van der Waals surface area (Å²) < 4.78 is 1.53. The van der Waals surface area contributed by atoms with Crippen molar-refractivity contribution < 1.29 is 4.79 Å². The van der Waals surface area contributed by atoms with E-state index >= 15 is 0 Å². The van der Waals surface area contributed by atoms with Crippen molar-refractivity contribution in [1.82, 2.24) is 4.57 Å². The van der Waals surface area contributed by atoms with Crippen LogP contribution in [0.5, 0.6) is 0 Å². The molecule has 3 heteroatoms. The third kappa shape index (κ3) is 1.93. The summed E-state index contributed by atoms with van der Waals surface area (Å²) in [5.74, 6) is 0.0203. The van der Waals surface area contributed by atoms with Crippen LogP contribution in [-0.2, 0) is 0 Å². The number of benzene rings is 1. The lowest BCUT2D eigenvalue weighted by Crippen LogP contribution is -2.15. The molecule has 16 heavy (non-hydrogen) atoms. The summed E-state index contributed by atoms with van der Waals surface area (Å²) in [7, 11) is 0. The predicted molar refractivity (Wildman–Crippen MR) is 62.0 cm³/mol. The molecule has 0 saturated heterocycles. The Morgan fingerprint density at radius 3 is 2.31 bits per heavy atom. The highest BCUT2D eigenvalue weighted by Gasteiger charge is 2.00. The highest BCUT2D eigenvalue weighted by Crippen LogP contribution is 2.07. The third-order valence-electron chi connectivity index (χ3n) is 2.37. The van der Waals surface area contributed by atoms with Gasteiger partial charge in [-0.1, -0.05) is 6.07 Å². The molecule has 0 aliphatic carbocycles. The molecule has 0 aliphatic rings. The number of nitrogens with zero attached hydrogens (tertiary/aromatic N) is 1. The fraction of sp³-hybridized carbons (Fsp3) is 0.0769. The van der Waals surface area contributed by atoms with E-state index in [-0.39, 0.29) is 11.3 Å². The van der Waals surface area contributed by atoms with Gasteiger partial charge in [-0.15, -0.1) is 0 Å². The molecular weight excluding hydrogens is 202 g/mol. The molecule has 0 spiro atoms. The molecule has 0 aliphatic heterocycles. The molecule has 0 bridgehead atoms. The minimum absolute atomic E-state index is 0.0203. The number of carbonyl (C=O) groups excluding carboxylic acids is 1. The number of rotatable bonds is 2. The Morgan fingerprint density at radius 2 is 1.75 bits per heavy atom. The average Bonchev–Trinajstić information content (AvgIpc) is 2.30. The van der Waals surface area contributed by atoms with Crippen molar-refractivity contribution in [3.63, 3.8) is 0 Å². The average molecular weight is 213 g/mol. The highest BCUT2D eigenvalue weighted by atomic mass is 16.1. The maximum Gasteiger partial charge on any atom is 0.255 e. The van der Waals surface area contributed by atoms with E-state index in [9.17, 15) is 9.59 Å². The van der Waals surface area contributed by atoms with E-state index in [1.807, 2.05) is 0 Å². The molecule has 0 saturated carbocycles. The van der Waals surface area contributed by atoms with Crippen molar-refractivity contribution >= 4 is 5.78 Å². The minimum atomic E-state index is -0.0851. The van der Waals surface area contributed by atoms with Crippen molar-refractivity contribution in [3.8, 4) is 5.69 Å². The van der Waals surface area contributed by atoms with Crippen molar-refractivity contribution in [2.75, 3.05) is 0 Å². The lowest BCUT2D eigenvalue weighted by Gasteiger charge is -2.04. The minimum Gasteiger partial charge on any atom is -0.295 e. The molecule has 1 aromatic carbocycles. The van der Waals surface area contributed by atoms with Crippen LogP contribution in [-0.4, -0.2) is 10.4 Å². The molecule has 2 rings (SSSR count). The first kappa shape index (κ1) is 10.4. The van der Waals surface area contributed by atoms with Crippen LogP contribution in [0.15, 0.2) is 53.5 Å². The van der Waals surface area contributed by atoms with Crippen LogP contribution in [0.25, 0.3) is 5.69 Å². The van der Waals surface area contributed by atoms with Crippen LogP contribution in [0.3, 0.4) is 0 Å². The fourth-order valence-corrected chi connectivity index (χ4v) is 1.50. The molecule has 80 valence electrons. The molecule has 0 atom stereocenters. The van der Waals surface area contributed by atoms with E-state index in [1.54, 1.807) is 42.6 Å². The molecule has 0 unspecified atom stereocenters. The van der Waals surface area contributed by atoms with Crippen molar-refractivity contribution in [2.24, 2.45) is 0 Å². The number of carbonyl (C=O) groups is 1. The van der Waals surface area contributed by atoms with Gasteiger partial charge >= 0.3 is 0 Å². The van der Waals surface area contributed by atoms with E-state index in [0.29, 0.717) is 5.56 Å². The van der Waals surface area contributed by atoms with Crippen molar-refractivity contribution in [3.05, 3.63) is 64.6 Å². The number of ketones is 1. The van der Waals surface area contributed by atoms with Crippen molar-refractivity contribution in [2.45, 2.75) is 6.92 Å². The van der Waals surface area contributed by atoms with E-state index < -0.39 is 0 Å². The third-order valence-corrected chi connectivity index (χ3v) is 2.37. The summed E-state index contributed by atoms with van der Waals surface area (Å²) >= 11 is 0. The van der Waals surface area contributed by atoms with Crippen molar-refractivity contribution in [1.29, 1.82) is 0 Å². The Hall–Kier alpha value is -2.16. The van der Waals surface area contributed by atoms with Crippen LogP contribution in [0, 0.1) is 0 Å². The molecule has 0 N–H and O–H groups in total. The number of Topliss-reactive ketones (excluding diaryl/α,β-unsaturated/α-hetero) is 1. The number of pyridine rings is 1. The molecular formula is C13H11NO2. The van der Waals surface area contributed by atoms with Gasteiger partial charge in [-0.25, -0.2) is 0 Å². The zero-order valence-corrected chi connectivity index (χ0v) is 8.88. The van der Waals surface area contributed by atoms with Gasteiger partial charge in [-0.3, -0.25) is 14.2 Å². The first-order chi connectivity index (χ1) is 7.68. The van der Waals surface area contributed by atoms with Crippen LogP contribution in [0.1, 0.15) is 17.3 Å². The second-order valence-corrected chi connectivity index (χ2v) is 3.51. The quantitative estimate of drug-likeness (QED) is 0.716. The molecule has 0 amide bonds. The van der Waals surface area contributed by atoms with Gasteiger partial charge < -0.3 is 0 Å². The first-order valence-corrected chi connectivity index (χ1v) is 4.97. The molecule has 1 aromatic heterocycles. The maximum absolute atomic E-state index is 11.5. The van der Waals surface area contributed by atoms with E-state index in [0.717, 1.165) is 5.69 Å². The SMILES string of the molecule is CC(=O)c1ccc(-n2ccccc2=O)cc1. The van der Waals surface area contributed by atoms with Crippen LogP contribution >= 0.6 is 0 Å². The largest absolute Gasteiger partial charge is 0.295 e. The van der Waals surface area contributed by atoms with Gasteiger partial charge in [0.05, 0.1) is 0 Å². The summed E-state index contributed by atoms with van der Waals surface area (Å²) in [5, 5.41) is 0. The van der Waals surface area contributed by atoms with Gasteiger partial charge in [0.2, 0.25) is 0 Å². The Bertz CT molecular complexity index is 567. The second-order valence-electron chi connectivity index (χ2n) is 3.51. The standard InChI is InChI=1S/C13H11NO2/c1-10(15)11-5-7-12(8-6-11)14-9-3-2-4-13(14)16/h2-9H,1H3. The molecule has 0 radical (unpaired) electrons. The second kappa shape index (κ2) is 4.14. The van der Waals surface area contributed by atoms with E-state index in [2.05, 4.69) is 0 Å². The normalized spacial score (nSPS) is 10.1. The van der Waals surface area contributed by atoms with Gasteiger partial charge in [0.25, 0.3) is 5.56 Å². The summed E-state index contributed by atoms with van der Waals surface area (Å²) in [4.78, 5) is 22.6. The summed E-state index contributed by atoms with van der Waals surface area (Å²) in [6.07, 6.45) is 1.70. The van der Waals surface area contributed by atoms with Gasteiger partial charge in [0.15, 0.2) is 5.78 Å². The predicted octanol–water partition coefficient (Wildman–Crippen LogP) is 2.04. The molecule has 1 heterocycles. The van der Waals surface area contributed by atoms with E-state index in [4.69, 9.17) is 0 Å². The van der Waals surface area contributed by atoms with Crippen LogP contribution < -0.4 is 5.56 Å². The molecule has 0 fully saturated rings. The van der Waals surface area contributed by atoms with E-state index in [1.165, 1.54) is 17.6 Å². The summed E-state index contributed by atoms with van der Waals surface area (Å²) in [5.41, 5.74) is 1.32. The zero-order valence-electron chi connectivity index (χ0n) is 8.88. The Morgan fingerprint density at radius 1 is 1.06 bits per heavy atom. The lowest BCUT2D eigenvalue weighted by molar-refractivity contribution is 0.101. The Balaban J connectivity index is 2.47. The van der Waals surface area contributed by atoms with Crippen LogP contribution in [0.4, 0.5) is 0 Å². The number of hydrogen-bond donors (Lipinski definition) is 0. The highest BCUT2D eigenvalue weighted by molar-refractivity contribution is 5.94. The first-order valence-electron chi connectivity index (χ1n) is 4.97. The zero-order chi connectivity index (χ0) is 11.5. The maximum atomic E-state index is 11.5. The summed E-state index contributed by atoms with van der Waals surface area (Å²) in [6.45, 7) is 1.52. The van der Waals surface area contributed by atoms with Gasteiger partial charge in [-0.2, -0.15) is 0 Å². The smallest absolute Gasteiger partial charge is 0.255 e. The van der Waals surface area contributed by atoms with Crippen LogP contribution in [0.2, 0.25) is 0 Å². The Labute approximate surface area is 93.0 Å². The van der Waals surface area contributed by atoms with Gasteiger partial charge in [-0.05, 0) is 37.3 Å². The molecule has 2 aromatic rings. The monoisotopic (exact) mass is 213 g/mol. The fourth-order valence-electron chi connectivity index (χ4n) is 1.50. The Kier molecular flexibility index (Phi) is 2.68. The number of hydrogen-bond acceptors (Lipinski definition) is 2. The number of aromatic nitrogens is 1.